The van der Waals surface area contributed by atoms with Gasteiger partial charge in [0, 0.05) is 5.56 Å². The molecule has 0 aromatic heterocycles. The molecule has 0 saturated heterocycles. The fourth-order valence-electron chi connectivity index (χ4n) is 2.37. The number of amides is 1. The van der Waals surface area contributed by atoms with Gasteiger partial charge >= 0.3 is 0 Å². The summed E-state index contributed by atoms with van der Waals surface area (Å²) in [6.07, 6.45) is 0. The van der Waals surface area contributed by atoms with Crippen LogP contribution in [0.2, 0.25) is 0 Å². The molecular formula is C18H21NO. The molecule has 0 fully saturated rings. The molecule has 0 aliphatic carbocycles. The smallest absolute Gasteiger partial charge is 0.251 e. The Labute approximate surface area is 120 Å². The summed E-state index contributed by atoms with van der Waals surface area (Å²) in [7, 11) is 0. The minimum atomic E-state index is -0.0301. The predicted molar refractivity (Wildman–Crippen MR) is 83.0 cm³/mol. The van der Waals surface area contributed by atoms with Crippen LogP contribution < -0.4 is 5.32 Å². The summed E-state index contributed by atoms with van der Waals surface area (Å²) in [5.41, 5.74) is 5.47. The Bertz CT molecular complexity index is 614. The molecule has 1 atom stereocenters. The van der Waals surface area contributed by atoms with Crippen LogP contribution in [-0.2, 0) is 0 Å². The van der Waals surface area contributed by atoms with Crippen LogP contribution in [0.25, 0.3) is 0 Å². The fourth-order valence-corrected chi connectivity index (χ4v) is 2.37. The average Bonchev–Trinajstić information content (AvgIpc) is 2.39. The van der Waals surface area contributed by atoms with Crippen LogP contribution in [0.1, 0.15) is 45.6 Å². The first-order valence-electron chi connectivity index (χ1n) is 6.92. The van der Waals surface area contributed by atoms with E-state index in [9.17, 15) is 4.79 Å². The highest BCUT2D eigenvalue weighted by atomic mass is 16.1. The summed E-state index contributed by atoms with van der Waals surface area (Å²) < 4.78 is 0. The van der Waals surface area contributed by atoms with E-state index in [2.05, 4.69) is 37.4 Å². The number of carbonyl (C=O) groups is 1. The minimum absolute atomic E-state index is 0.00408. The van der Waals surface area contributed by atoms with E-state index in [1.54, 1.807) is 0 Å². The van der Waals surface area contributed by atoms with E-state index in [0.29, 0.717) is 5.56 Å². The molecular weight excluding hydrogens is 246 g/mol. The number of nitrogens with one attached hydrogen (secondary N) is 1. The maximum absolute atomic E-state index is 12.2. The molecule has 104 valence electrons. The van der Waals surface area contributed by atoms with Gasteiger partial charge < -0.3 is 5.32 Å². The third-order valence-electron chi connectivity index (χ3n) is 3.55. The van der Waals surface area contributed by atoms with E-state index in [1.807, 2.05) is 38.1 Å². The lowest BCUT2D eigenvalue weighted by molar-refractivity contribution is 0.0940. The third kappa shape index (κ3) is 3.27. The monoisotopic (exact) mass is 267 g/mol. The van der Waals surface area contributed by atoms with Gasteiger partial charge in [-0.1, -0.05) is 41.5 Å². The lowest BCUT2D eigenvalue weighted by atomic mass is 10.00. The number of aryl methyl sites for hydroxylation is 3. The van der Waals surface area contributed by atoms with Crippen molar-refractivity contribution in [3.8, 4) is 0 Å². The van der Waals surface area contributed by atoms with Crippen molar-refractivity contribution >= 4 is 5.91 Å². The molecule has 1 N–H and O–H groups in total. The van der Waals surface area contributed by atoms with Crippen molar-refractivity contribution in [2.24, 2.45) is 0 Å². The maximum atomic E-state index is 12.2. The van der Waals surface area contributed by atoms with Crippen LogP contribution in [0, 0.1) is 20.8 Å². The van der Waals surface area contributed by atoms with E-state index in [-0.39, 0.29) is 11.9 Å². The van der Waals surface area contributed by atoms with Crippen LogP contribution in [0.5, 0.6) is 0 Å². The second-order valence-corrected chi connectivity index (χ2v) is 5.42. The van der Waals surface area contributed by atoms with Gasteiger partial charge in [-0.15, -0.1) is 0 Å². The van der Waals surface area contributed by atoms with Gasteiger partial charge in [0.15, 0.2) is 0 Å². The zero-order valence-electron chi connectivity index (χ0n) is 12.5. The van der Waals surface area contributed by atoms with Crippen molar-refractivity contribution in [3.05, 3.63) is 70.3 Å². The zero-order chi connectivity index (χ0) is 14.7. The molecule has 0 radical (unpaired) electrons. The Balaban J connectivity index is 2.12. The average molecular weight is 267 g/mol. The van der Waals surface area contributed by atoms with Crippen molar-refractivity contribution in [2.45, 2.75) is 33.7 Å². The van der Waals surface area contributed by atoms with Gasteiger partial charge in [0.1, 0.15) is 0 Å². The summed E-state index contributed by atoms with van der Waals surface area (Å²) >= 11 is 0. The van der Waals surface area contributed by atoms with Crippen molar-refractivity contribution in [1.82, 2.24) is 5.32 Å². The largest absolute Gasteiger partial charge is 0.346 e. The highest BCUT2D eigenvalue weighted by Gasteiger charge is 2.12. The zero-order valence-corrected chi connectivity index (χ0v) is 12.5. The fraction of sp³-hybridized carbons (Fsp3) is 0.278. The summed E-state index contributed by atoms with van der Waals surface area (Å²) in [6, 6.07) is 13.9. The van der Waals surface area contributed by atoms with Crippen LogP contribution >= 0.6 is 0 Å². The molecule has 0 spiro atoms. The summed E-state index contributed by atoms with van der Waals surface area (Å²) in [4.78, 5) is 12.2. The second-order valence-electron chi connectivity index (χ2n) is 5.42. The standard InChI is InChI=1S/C18H21NO/c1-12-5-8-16(9-6-12)18(20)19-15(4)17-10-7-13(2)11-14(17)3/h5-11,15H,1-4H3,(H,19,20). The van der Waals surface area contributed by atoms with Crippen LogP contribution in [0.15, 0.2) is 42.5 Å². The number of carbonyl (C=O) groups excluding carboxylic acids is 1. The SMILES string of the molecule is Cc1ccc(C(=O)NC(C)c2ccc(C)cc2C)cc1. The Morgan fingerprint density at radius 3 is 2.15 bits per heavy atom. The second kappa shape index (κ2) is 5.91. The first-order chi connectivity index (χ1) is 9.47. The molecule has 0 aliphatic heterocycles. The Morgan fingerprint density at radius 2 is 1.55 bits per heavy atom. The normalized spacial score (nSPS) is 12.0. The summed E-state index contributed by atoms with van der Waals surface area (Å²) in [6.45, 7) is 8.19. The molecule has 0 bridgehead atoms. The molecule has 2 aromatic carbocycles. The van der Waals surface area contributed by atoms with E-state index in [4.69, 9.17) is 0 Å². The van der Waals surface area contributed by atoms with E-state index < -0.39 is 0 Å². The predicted octanol–water partition coefficient (Wildman–Crippen LogP) is 4.10. The third-order valence-corrected chi connectivity index (χ3v) is 3.55. The van der Waals surface area contributed by atoms with Gasteiger partial charge in [0.2, 0.25) is 0 Å². The molecule has 0 heterocycles. The maximum Gasteiger partial charge on any atom is 0.251 e. The molecule has 0 aliphatic rings. The number of benzene rings is 2. The van der Waals surface area contributed by atoms with Crippen molar-refractivity contribution in [2.75, 3.05) is 0 Å². The number of hydrogen-bond donors (Lipinski definition) is 1. The highest BCUT2D eigenvalue weighted by molar-refractivity contribution is 5.94. The molecule has 20 heavy (non-hydrogen) atoms. The molecule has 2 rings (SSSR count). The van der Waals surface area contributed by atoms with Crippen LogP contribution in [0.4, 0.5) is 0 Å². The van der Waals surface area contributed by atoms with Gasteiger partial charge in [-0.05, 0) is 51.0 Å². The molecule has 2 heteroatoms. The Morgan fingerprint density at radius 1 is 0.950 bits per heavy atom. The van der Waals surface area contributed by atoms with E-state index in [1.165, 1.54) is 11.1 Å². The van der Waals surface area contributed by atoms with Crippen LogP contribution in [-0.4, -0.2) is 5.91 Å². The topological polar surface area (TPSA) is 29.1 Å². The molecule has 1 amide bonds. The lowest BCUT2D eigenvalue weighted by Gasteiger charge is -2.17. The van der Waals surface area contributed by atoms with Gasteiger partial charge in [-0.2, -0.15) is 0 Å². The van der Waals surface area contributed by atoms with Crippen molar-refractivity contribution in [3.63, 3.8) is 0 Å². The first kappa shape index (κ1) is 14.3. The number of rotatable bonds is 3. The van der Waals surface area contributed by atoms with Gasteiger partial charge in [0.25, 0.3) is 5.91 Å². The van der Waals surface area contributed by atoms with Gasteiger partial charge in [0.05, 0.1) is 6.04 Å². The first-order valence-corrected chi connectivity index (χ1v) is 6.92. The highest BCUT2D eigenvalue weighted by Crippen LogP contribution is 2.19. The van der Waals surface area contributed by atoms with Crippen LogP contribution in [0.3, 0.4) is 0 Å². The minimum Gasteiger partial charge on any atom is -0.346 e. The van der Waals surface area contributed by atoms with E-state index in [0.717, 1.165) is 11.1 Å². The Kier molecular flexibility index (Phi) is 4.23. The van der Waals surface area contributed by atoms with Gasteiger partial charge in [-0.25, -0.2) is 0 Å². The summed E-state index contributed by atoms with van der Waals surface area (Å²) in [5, 5.41) is 3.05. The van der Waals surface area contributed by atoms with E-state index >= 15 is 0 Å². The molecule has 1 unspecified atom stereocenters. The van der Waals surface area contributed by atoms with Crippen molar-refractivity contribution in [1.29, 1.82) is 0 Å². The molecule has 2 aromatic rings. The number of hydrogen-bond acceptors (Lipinski definition) is 1. The quantitative estimate of drug-likeness (QED) is 0.891. The van der Waals surface area contributed by atoms with Crippen molar-refractivity contribution < 1.29 is 4.79 Å². The molecule has 2 nitrogen and oxygen atoms in total. The summed E-state index contributed by atoms with van der Waals surface area (Å²) in [5.74, 6) is -0.0301. The van der Waals surface area contributed by atoms with Gasteiger partial charge in [-0.3, -0.25) is 4.79 Å². The lowest BCUT2D eigenvalue weighted by Crippen LogP contribution is -2.27. The molecule has 0 saturated carbocycles. The Hall–Kier alpha value is -2.09.